The summed E-state index contributed by atoms with van der Waals surface area (Å²) in [6.07, 6.45) is 2.44. The number of carbonyl (C=O) groups is 2. The minimum Gasteiger partial charge on any atom is -0.352 e. The van der Waals surface area contributed by atoms with Crippen molar-refractivity contribution in [2.45, 2.75) is 50.1 Å². The predicted octanol–water partition coefficient (Wildman–Crippen LogP) is 2.50. The zero-order valence-corrected chi connectivity index (χ0v) is 18.6. The molecule has 0 aromatic heterocycles. The molecule has 9 heteroatoms. The van der Waals surface area contributed by atoms with Crippen molar-refractivity contribution in [2.24, 2.45) is 5.92 Å². The number of hydrogen-bond acceptors (Lipinski definition) is 4. The van der Waals surface area contributed by atoms with Gasteiger partial charge >= 0.3 is 0 Å². The highest BCUT2D eigenvalue weighted by Crippen LogP contribution is 2.39. The number of rotatable bonds is 8. The van der Waals surface area contributed by atoms with Crippen molar-refractivity contribution in [1.82, 2.24) is 10.0 Å². The van der Waals surface area contributed by atoms with E-state index in [9.17, 15) is 22.4 Å². The lowest BCUT2D eigenvalue weighted by Crippen LogP contribution is -2.36. The molecule has 0 saturated heterocycles. The first kappa shape index (κ1) is 22.4. The number of sulfonamides is 1. The van der Waals surface area contributed by atoms with Gasteiger partial charge in [-0.05, 0) is 67.6 Å². The van der Waals surface area contributed by atoms with E-state index in [0.717, 1.165) is 29.7 Å². The van der Waals surface area contributed by atoms with Crippen LogP contribution in [0.5, 0.6) is 0 Å². The van der Waals surface area contributed by atoms with Crippen LogP contribution in [-0.2, 0) is 32.6 Å². The van der Waals surface area contributed by atoms with Crippen molar-refractivity contribution in [3.63, 3.8) is 0 Å². The van der Waals surface area contributed by atoms with Crippen molar-refractivity contribution in [2.75, 3.05) is 11.4 Å². The predicted molar refractivity (Wildman–Crippen MR) is 118 cm³/mol. The quantitative estimate of drug-likeness (QED) is 0.634. The summed E-state index contributed by atoms with van der Waals surface area (Å²) in [4.78, 5) is 26.5. The van der Waals surface area contributed by atoms with Crippen molar-refractivity contribution < 1.29 is 22.4 Å². The molecular formula is C23H26FN3O4S. The molecule has 0 radical (unpaired) electrons. The molecule has 1 saturated carbocycles. The normalized spacial score (nSPS) is 17.8. The topological polar surface area (TPSA) is 95.6 Å². The summed E-state index contributed by atoms with van der Waals surface area (Å²) in [6.45, 7) is 2.17. The lowest BCUT2D eigenvalue weighted by Gasteiger charge is -2.22. The van der Waals surface area contributed by atoms with E-state index in [-0.39, 0.29) is 54.0 Å². The van der Waals surface area contributed by atoms with Crippen LogP contribution in [0.3, 0.4) is 0 Å². The number of halogens is 1. The summed E-state index contributed by atoms with van der Waals surface area (Å²) >= 11 is 0. The Morgan fingerprint density at radius 2 is 1.84 bits per heavy atom. The lowest BCUT2D eigenvalue weighted by molar-refractivity contribution is -0.121. The van der Waals surface area contributed by atoms with Crippen LogP contribution >= 0.6 is 0 Å². The summed E-state index contributed by atoms with van der Waals surface area (Å²) in [6, 6.07) is 10.6. The molecule has 1 atom stereocenters. The van der Waals surface area contributed by atoms with Gasteiger partial charge in [-0.15, -0.1) is 0 Å². The van der Waals surface area contributed by atoms with Crippen molar-refractivity contribution in [1.29, 1.82) is 0 Å². The fourth-order valence-corrected chi connectivity index (χ4v) is 4.99. The third kappa shape index (κ3) is 4.99. The first-order valence-electron chi connectivity index (χ1n) is 10.7. The maximum absolute atomic E-state index is 12.9. The third-order valence-corrected chi connectivity index (χ3v) is 7.25. The van der Waals surface area contributed by atoms with E-state index in [0.29, 0.717) is 6.42 Å². The molecule has 0 bridgehead atoms. The number of hydrogen-bond donors (Lipinski definition) is 2. The molecule has 2 aliphatic rings. The lowest BCUT2D eigenvalue weighted by atomic mass is 10.1. The molecule has 1 heterocycles. The monoisotopic (exact) mass is 459 g/mol. The molecule has 4 rings (SSSR count). The van der Waals surface area contributed by atoms with Gasteiger partial charge in [0.15, 0.2) is 0 Å². The van der Waals surface area contributed by atoms with Gasteiger partial charge in [0, 0.05) is 37.2 Å². The number of benzene rings is 2. The van der Waals surface area contributed by atoms with Crippen molar-refractivity contribution in [3.8, 4) is 0 Å². The number of nitrogens with zero attached hydrogens (tertiary/aromatic N) is 1. The van der Waals surface area contributed by atoms with E-state index in [1.165, 1.54) is 18.2 Å². The van der Waals surface area contributed by atoms with E-state index < -0.39 is 10.0 Å². The molecule has 2 N–H and O–H groups in total. The van der Waals surface area contributed by atoms with Gasteiger partial charge in [0.25, 0.3) is 0 Å². The van der Waals surface area contributed by atoms with Gasteiger partial charge in [0.1, 0.15) is 5.82 Å². The summed E-state index contributed by atoms with van der Waals surface area (Å²) in [7, 11) is -3.78. The van der Waals surface area contributed by atoms with Gasteiger partial charge in [-0.1, -0.05) is 12.1 Å². The van der Waals surface area contributed by atoms with Crippen molar-refractivity contribution >= 4 is 27.5 Å². The first-order chi connectivity index (χ1) is 15.2. The van der Waals surface area contributed by atoms with Crippen LogP contribution in [0, 0.1) is 11.7 Å². The molecule has 0 unspecified atom stereocenters. The summed E-state index contributed by atoms with van der Waals surface area (Å²) < 4.78 is 40.7. The average molecular weight is 460 g/mol. The number of carbonyl (C=O) groups excluding carboxylic acids is 2. The fraction of sp³-hybridized carbons (Fsp3) is 0.391. The van der Waals surface area contributed by atoms with Crippen molar-refractivity contribution in [3.05, 3.63) is 59.4 Å². The van der Waals surface area contributed by atoms with Crippen LogP contribution in [0.15, 0.2) is 47.4 Å². The summed E-state index contributed by atoms with van der Waals surface area (Å²) in [5, 5.41) is 2.68. The Kier molecular flexibility index (Phi) is 6.30. The van der Waals surface area contributed by atoms with E-state index >= 15 is 0 Å². The zero-order valence-electron chi connectivity index (χ0n) is 17.8. The molecule has 1 fully saturated rings. The molecular weight excluding hydrogens is 433 g/mol. The Balaban J connectivity index is 1.32. The number of fused-ring (bicyclic) bond motifs is 1. The van der Waals surface area contributed by atoms with Gasteiger partial charge < -0.3 is 10.2 Å². The van der Waals surface area contributed by atoms with Gasteiger partial charge in [-0.25, -0.2) is 17.5 Å². The van der Waals surface area contributed by atoms with Crippen LogP contribution in [0.4, 0.5) is 10.1 Å². The molecule has 2 aromatic rings. The highest BCUT2D eigenvalue weighted by atomic mass is 32.2. The van der Waals surface area contributed by atoms with Gasteiger partial charge in [-0.3, -0.25) is 9.59 Å². The molecule has 1 aliphatic carbocycles. The maximum Gasteiger partial charge on any atom is 0.240 e. The second-order valence-electron chi connectivity index (χ2n) is 8.38. The SMILES string of the molecule is C[C@@H]1Cc2cc(S(=O)(=O)NCCC(=O)NCc3ccc(F)cc3)ccc2N1C(=O)C1CC1. The molecule has 2 amide bonds. The maximum atomic E-state index is 12.9. The highest BCUT2D eigenvalue weighted by molar-refractivity contribution is 7.89. The van der Waals surface area contributed by atoms with Gasteiger partial charge in [0.05, 0.1) is 4.90 Å². The Hall–Kier alpha value is -2.78. The minimum absolute atomic E-state index is 0.00816. The first-order valence-corrected chi connectivity index (χ1v) is 12.2. The zero-order chi connectivity index (χ0) is 22.9. The second kappa shape index (κ2) is 8.99. The number of amides is 2. The average Bonchev–Trinajstić information content (AvgIpc) is 3.54. The molecule has 1 aliphatic heterocycles. The Labute approximate surface area is 187 Å². The van der Waals surface area contributed by atoms with E-state index in [1.807, 2.05) is 6.92 Å². The number of anilines is 1. The van der Waals surface area contributed by atoms with Gasteiger partial charge in [0.2, 0.25) is 21.8 Å². The number of nitrogens with one attached hydrogen (secondary N) is 2. The smallest absolute Gasteiger partial charge is 0.240 e. The Bertz CT molecular complexity index is 1130. The molecule has 32 heavy (non-hydrogen) atoms. The fourth-order valence-electron chi connectivity index (χ4n) is 3.91. The molecule has 0 spiro atoms. The Morgan fingerprint density at radius 3 is 2.53 bits per heavy atom. The molecule has 2 aromatic carbocycles. The van der Waals surface area contributed by atoms with Crippen LogP contribution in [0.1, 0.15) is 37.3 Å². The molecule has 170 valence electrons. The van der Waals surface area contributed by atoms with Gasteiger partial charge in [-0.2, -0.15) is 0 Å². The van der Waals surface area contributed by atoms with E-state index in [1.54, 1.807) is 29.2 Å². The van der Waals surface area contributed by atoms with Crippen LogP contribution in [0.2, 0.25) is 0 Å². The Morgan fingerprint density at radius 1 is 1.12 bits per heavy atom. The van der Waals surface area contributed by atoms with Crippen LogP contribution in [-0.4, -0.2) is 32.8 Å². The highest BCUT2D eigenvalue weighted by Gasteiger charge is 2.39. The second-order valence-corrected chi connectivity index (χ2v) is 10.1. The van der Waals surface area contributed by atoms with E-state index in [4.69, 9.17) is 0 Å². The standard InChI is InChI=1S/C23H26FN3O4S/c1-15-12-18-13-20(8-9-21(18)27(15)23(29)17-4-5-17)32(30,31)26-11-10-22(28)25-14-16-2-6-19(24)7-3-16/h2-3,6-9,13,15,17,26H,4-5,10-12,14H2,1H3,(H,25,28)/t15-/m1/s1. The van der Waals surface area contributed by atoms with Crippen LogP contribution < -0.4 is 14.9 Å². The van der Waals surface area contributed by atoms with E-state index in [2.05, 4.69) is 10.0 Å². The largest absolute Gasteiger partial charge is 0.352 e. The summed E-state index contributed by atoms with van der Waals surface area (Å²) in [5.74, 6) is -0.439. The third-order valence-electron chi connectivity index (χ3n) is 5.79. The van der Waals surface area contributed by atoms with Crippen LogP contribution in [0.25, 0.3) is 0 Å². The summed E-state index contributed by atoms with van der Waals surface area (Å²) in [5.41, 5.74) is 2.38. The molecule has 7 nitrogen and oxygen atoms in total. The minimum atomic E-state index is -3.78.